The number of aliphatic hydroxyl groups is 1. The Morgan fingerprint density at radius 3 is 2.84 bits per heavy atom. The number of hydrogen-bond acceptors (Lipinski definition) is 5. The molecule has 5 rings (SSSR count). The molecule has 1 aromatic carbocycles. The minimum absolute atomic E-state index is 0.111. The van der Waals surface area contributed by atoms with E-state index in [1.807, 2.05) is 30.5 Å². The monoisotopic (exact) mass is 440 g/mol. The van der Waals surface area contributed by atoms with Crippen molar-refractivity contribution in [3.8, 4) is 5.75 Å². The number of benzene rings is 1. The Balaban J connectivity index is 1.43. The molecule has 1 saturated carbocycles. The highest BCUT2D eigenvalue weighted by Crippen LogP contribution is 2.33. The summed E-state index contributed by atoms with van der Waals surface area (Å²) in [7, 11) is 0. The highest BCUT2D eigenvalue weighted by molar-refractivity contribution is 6.31. The highest BCUT2D eigenvalue weighted by atomic mass is 35.5. The Bertz CT molecular complexity index is 1180. The molecule has 8 heteroatoms. The summed E-state index contributed by atoms with van der Waals surface area (Å²) in [6, 6.07) is 7.25. The van der Waals surface area contributed by atoms with Crippen LogP contribution < -0.4 is 4.74 Å². The zero-order valence-electron chi connectivity index (χ0n) is 17.6. The molecule has 1 aliphatic heterocycles. The molecule has 3 heterocycles. The fourth-order valence-corrected chi connectivity index (χ4v) is 4.84. The Labute approximate surface area is 185 Å². The number of hydrogen-bond donors (Lipinski definition) is 1. The number of carbonyl (C=O) groups is 1. The average Bonchev–Trinajstić information content (AvgIpc) is 3.45. The molecule has 2 aromatic heterocycles. The van der Waals surface area contributed by atoms with E-state index in [0.717, 1.165) is 54.0 Å². The van der Waals surface area contributed by atoms with Crippen LogP contribution >= 0.6 is 11.6 Å². The van der Waals surface area contributed by atoms with E-state index in [4.69, 9.17) is 21.4 Å². The van der Waals surface area contributed by atoms with E-state index in [1.165, 1.54) is 0 Å². The van der Waals surface area contributed by atoms with Crippen molar-refractivity contribution in [2.24, 2.45) is 0 Å². The molecule has 31 heavy (non-hydrogen) atoms. The summed E-state index contributed by atoms with van der Waals surface area (Å²) in [6.45, 7) is 4.79. The first-order valence-corrected chi connectivity index (χ1v) is 11.1. The lowest BCUT2D eigenvalue weighted by Gasteiger charge is -2.22. The van der Waals surface area contributed by atoms with Crippen molar-refractivity contribution in [1.82, 2.24) is 19.5 Å². The Kier molecular flexibility index (Phi) is 5.10. The summed E-state index contributed by atoms with van der Waals surface area (Å²) in [6.07, 6.45) is 2.46. The number of ether oxygens (including phenoxy) is 1. The zero-order valence-corrected chi connectivity index (χ0v) is 18.4. The number of amides is 1. The van der Waals surface area contributed by atoms with Crippen molar-refractivity contribution in [2.45, 2.75) is 64.8 Å². The predicted molar refractivity (Wildman–Crippen MR) is 116 cm³/mol. The van der Waals surface area contributed by atoms with Crippen molar-refractivity contribution in [3.05, 3.63) is 57.5 Å². The number of carbonyl (C=O) groups excluding carboxylic acids is 1. The Morgan fingerprint density at radius 2 is 2.10 bits per heavy atom. The zero-order chi connectivity index (χ0) is 21.7. The van der Waals surface area contributed by atoms with Gasteiger partial charge in [0.25, 0.3) is 5.91 Å². The fourth-order valence-electron chi connectivity index (χ4n) is 4.59. The number of rotatable bonds is 4. The number of aryl methyl sites for hydroxylation is 2. The van der Waals surface area contributed by atoms with Crippen LogP contribution in [-0.4, -0.2) is 42.7 Å². The molecule has 1 N–H and O–H groups in total. The van der Waals surface area contributed by atoms with E-state index in [0.29, 0.717) is 29.4 Å². The van der Waals surface area contributed by atoms with Crippen LogP contribution in [0.4, 0.5) is 0 Å². The summed E-state index contributed by atoms with van der Waals surface area (Å²) in [5.41, 5.74) is 4.79. The molecule has 2 aliphatic rings. The summed E-state index contributed by atoms with van der Waals surface area (Å²) in [5.74, 6) is 0.409. The summed E-state index contributed by atoms with van der Waals surface area (Å²) in [5, 5.41) is 15.5. The third kappa shape index (κ3) is 3.36. The molecule has 0 bridgehead atoms. The van der Waals surface area contributed by atoms with Crippen LogP contribution in [0, 0.1) is 6.92 Å². The van der Waals surface area contributed by atoms with Gasteiger partial charge in [0, 0.05) is 5.56 Å². The van der Waals surface area contributed by atoms with Gasteiger partial charge in [-0.15, -0.1) is 0 Å². The second-order valence-electron chi connectivity index (χ2n) is 8.28. The van der Waals surface area contributed by atoms with Crippen molar-refractivity contribution in [2.75, 3.05) is 0 Å². The van der Waals surface area contributed by atoms with Crippen LogP contribution in [-0.2, 0) is 19.5 Å². The first-order valence-electron chi connectivity index (χ1n) is 10.8. The maximum Gasteiger partial charge on any atom is 0.258 e. The van der Waals surface area contributed by atoms with E-state index in [2.05, 4.69) is 4.98 Å². The quantitative estimate of drug-likeness (QED) is 0.669. The third-order valence-corrected chi connectivity index (χ3v) is 6.76. The van der Waals surface area contributed by atoms with Gasteiger partial charge in [0.05, 0.1) is 46.9 Å². The first kappa shape index (κ1) is 20.3. The van der Waals surface area contributed by atoms with E-state index in [-0.39, 0.29) is 12.0 Å². The molecule has 162 valence electrons. The lowest BCUT2D eigenvalue weighted by Crippen LogP contribution is -2.29. The van der Waals surface area contributed by atoms with Gasteiger partial charge in [-0.1, -0.05) is 30.7 Å². The van der Waals surface area contributed by atoms with E-state index in [9.17, 15) is 9.90 Å². The number of fused-ring (bicyclic) bond motifs is 3. The van der Waals surface area contributed by atoms with E-state index in [1.54, 1.807) is 17.0 Å². The van der Waals surface area contributed by atoms with Gasteiger partial charge in [0.2, 0.25) is 0 Å². The van der Waals surface area contributed by atoms with Gasteiger partial charge in [0.1, 0.15) is 11.9 Å². The number of aliphatic hydroxyl groups excluding tert-OH is 1. The molecule has 2 unspecified atom stereocenters. The minimum atomic E-state index is -0.485. The van der Waals surface area contributed by atoms with Gasteiger partial charge in [-0.05, 0) is 44.7 Å². The largest absolute Gasteiger partial charge is 0.487 e. The fraction of sp³-hybridized carbons (Fsp3) is 0.435. The van der Waals surface area contributed by atoms with Gasteiger partial charge in [-0.25, -0.2) is 9.50 Å². The minimum Gasteiger partial charge on any atom is -0.487 e. The van der Waals surface area contributed by atoms with Crippen LogP contribution in [0.5, 0.6) is 5.75 Å². The summed E-state index contributed by atoms with van der Waals surface area (Å²) in [4.78, 5) is 19.8. The van der Waals surface area contributed by atoms with Crippen LogP contribution in [0.2, 0.25) is 5.02 Å². The number of aromatic nitrogens is 3. The van der Waals surface area contributed by atoms with Crippen LogP contribution in [0.3, 0.4) is 0 Å². The normalized spacial score (nSPS) is 20.5. The maximum absolute atomic E-state index is 13.4. The molecule has 7 nitrogen and oxygen atoms in total. The summed E-state index contributed by atoms with van der Waals surface area (Å²) >= 11 is 6.43. The third-order valence-electron chi connectivity index (χ3n) is 6.27. The molecule has 1 aliphatic carbocycles. The van der Waals surface area contributed by atoms with Crippen LogP contribution in [0.1, 0.15) is 59.2 Å². The van der Waals surface area contributed by atoms with E-state index < -0.39 is 6.10 Å². The van der Waals surface area contributed by atoms with Crippen molar-refractivity contribution >= 4 is 23.2 Å². The topological polar surface area (TPSA) is 80.0 Å². The molecule has 1 fully saturated rings. The van der Waals surface area contributed by atoms with Crippen LogP contribution in [0.15, 0.2) is 24.3 Å². The highest BCUT2D eigenvalue weighted by Gasteiger charge is 2.33. The van der Waals surface area contributed by atoms with Gasteiger partial charge >= 0.3 is 0 Å². The van der Waals surface area contributed by atoms with Gasteiger partial charge in [-0.2, -0.15) is 5.10 Å². The Hall–Kier alpha value is -2.64. The molecule has 0 saturated heterocycles. The number of para-hydroxylation sites is 1. The van der Waals surface area contributed by atoms with Gasteiger partial charge < -0.3 is 14.7 Å². The van der Waals surface area contributed by atoms with E-state index >= 15 is 0 Å². The first-order chi connectivity index (χ1) is 15.0. The van der Waals surface area contributed by atoms with Gasteiger partial charge in [-0.3, -0.25) is 4.79 Å². The second kappa shape index (κ2) is 7.80. The van der Waals surface area contributed by atoms with Crippen molar-refractivity contribution < 1.29 is 14.6 Å². The predicted octanol–water partition coefficient (Wildman–Crippen LogP) is 3.70. The van der Waals surface area contributed by atoms with Crippen molar-refractivity contribution in [1.29, 1.82) is 0 Å². The number of nitrogens with zero attached hydrogens (tertiary/aromatic N) is 4. The second-order valence-corrected chi connectivity index (χ2v) is 8.66. The van der Waals surface area contributed by atoms with Crippen LogP contribution in [0.25, 0.3) is 5.65 Å². The standard InChI is InChI=1S/C23H25ClN4O3/c1-3-17-21(24)13(2)25-22-15-11-27(12-16(15)26-28(17)22)23(30)14-7-4-5-9-19(14)31-20-10-6-8-18(20)29/h4-5,7,9,18,20,29H,3,6,8,10-12H2,1-2H3. The van der Waals surface area contributed by atoms with Crippen molar-refractivity contribution in [3.63, 3.8) is 0 Å². The number of halogens is 1. The average molecular weight is 441 g/mol. The Morgan fingerprint density at radius 1 is 1.29 bits per heavy atom. The molecule has 3 aromatic rings. The molecule has 0 spiro atoms. The molecule has 1 amide bonds. The lowest BCUT2D eigenvalue weighted by molar-refractivity contribution is 0.0573. The van der Waals surface area contributed by atoms with Gasteiger partial charge in [0.15, 0.2) is 5.65 Å². The maximum atomic E-state index is 13.4. The molecular weight excluding hydrogens is 416 g/mol. The SMILES string of the molecule is CCc1c(Cl)c(C)nc2c3c(nn12)CN(C(=O)c1ccccc1OC1CCCC1O)C3. The summed E-state index contributed by atoms with van der Waals surface area (Å²) < 4.78 is 7.86. The molecular formula is C23H25ClN4O3. The molecule has 2 atom stereocenters. The lowest BCUT2D eigenvalue weighted by atomic mass is 10.1. The molecule has 0 radical (unpaired) electrons. The smallest absolute Gasteiger partial charge is 0.258 e.